The summed E-state index contributed by atoms with van der Waals surface area (Å²) in [5.41, 5.74) is 0.860. The van der Waals surface area contributed by atoms with Crippen LogP contribution in [0.4, 0.5) is 0 Å². The van der Waals surface area contributed by atoms with Crippen LogP contribution in [0.15, 0.2) is 6.33 Å². The average Bonchev–Trinajstić information content (AvgIpc) is 2.42. The fourth-order valence-corrected chi connectivity index (χ4v) is 1.87. The number of aromatic nitrogens is 2. The normalized spacial score (nSPS) is 12.2. The molecule has 0 aromatic carbocycles. The summed E-state index contributed by atoms with van der Waals surface area (Å²) >= 11 is 1.87. The molecule has 0 bridgehead atoms. The van der Waals surface area contributed by atoms with Gasteiger partial charge in [0.2, 0.25) is 11.8 Å². The number of rotatable bonds is 8. The molecule has 1 heterocycles. The first kappa shape index (κ1) is 15.0. The van der Waals surface area contributed by atoms with Gasteiger partial charge in [0.1, 0.15) is 6.33 Å². The Labute approximate surface area is 113 Å². The van der Waals surface area contributed by atoms with E-state index in [-0.39, 0.29) is 0 Å². The molecule has 5 nitrogen and oxygen atoms in total. The Balaban J connectivity index is 2.55. The molecule has 0 aliphatic heterocycles. The zero-order valence-electron chi connectivity index (χ0n) is 11.4. The van der Waals surface area contributed by atoms with Crippen LogP contribution in [0.5, 0.6) is 11.8 Å². The molecule has 0 spiro atoms. The molecule has 0 amide bonds. The van der Waals surface area contributed by atoms with E-state index in [1.807, 2.05) is 11.8 Å². The molecule has 6 heteroatoms. The van der Waals surface area contributed by atoms with Gasteiger partial charge in [-0.1, -0.05) is 6.92 Å². The van der Waals surface area contributed by atoms with Gasteiger partial charge in [-0.3, -0.25) is 0 Å². The Morgan fingerprint density at radius 3 is 2.39 bits per heavy atom. The minimum Gasteiger partial charge on any atom is -0.481 e. The van der Waals surface area contributed by atoms with Crippen LogP contribution in [-0.4, -0.2) is 42.2 Å². The van der Waals surface area contributed by atoms with Crippen molar-refractivity contribution >= 4 is 11.8 Å². The Hall–Kier alpha value is -1.01. The third-order valence-corrected chi connectivity index (χ3v) is 3.73. The van der Waals surface area contributed by atoms with E-state index in [9.17, 15) is 0 Å². The van der Waals surface area contributed by atoms with Gasteiger partial charge in [-0.15, -0.1) is 0 Å². The highest BCUT2D eigenvalue weighted by atomic mass is 32.2. The van der Waals surface area contributed by atoms with Gasteiger partial charge in [0.15, 0.2) is 0 Å². The lowest BCUT2D eigenvalue weighted by Gasteiger charge is -2.12. The van der Waals surface area contributed by atoms with Crippen LogP contribution in [0.2, 0.25) is 0 Å². The first-order valence-corrected chi connectivity index (χ1v) is 7.17. The summed E-state index contributed by atoms with van der Waals surface area (Å²) in [6, 6.07) is 0. The zero-order chi connectivity index (χ0) is 13.4. The molecule has 0 aliphatic rings. The zero-order valence-corrected chi connectivity index (χ0v) is 12.2. The van der Waals surface area contributed by atoms with E-state index < -0.39 is 0 Å². The second-order valence-corrected chi connectivity index (χ2v) is 5.16. The third-order valence-electron chi connectivity index (χ3n) is 2.68. The maximum absolute atomic E-state index is 5.21. The molecule has 0 aliphatic carbocycles. The Morgan fingerprint density at radius 2 is 1.89 bits per heavy atom. The average molecular weight is 271 g/mol. The predicted octanol–water partition coefficient (Wildman–Crippen LogP) is 1.73. The van der Waals surface area contributed by atoms with Crippen molar-refractivity contribution in [1.82, 2.24) is 15.3 Å². The molecule has 1 N–H and O–H groups in total. The summed E-state index contributed by atoms with van der Waals surface area (Å²) in [7, 11) is 3.20. The van der Waals surface area contributed by atoms with Crippen LogP contribution in [0.25, 0.3) is 0 Å². The summed E-state index contributed by atoms with van der Waals surface area (Å²) in [6.07, 6.45) is 4.69. The Morgan fingerprint density at radius 1 is 1.28 bits per heavy atom. The first-order valence-electron chi connectivity index (χ1n) is 5.88. The van der Waals surface area contributed by atoms with Crippen molar-refractivity contribution in [2.45, 2.75) is 25.1 Å². The quantitative estimate of drug-likeness (QED) is 0.727. The van der Waals surface area contributed by atoms with Crippen molar-refractivity contribution in [3.05, 3.63) is 11.9 Å². The van der Waals surface area contributed by atoms with Crippen LogP contribution in [0, 0.1) is 0 Å². The fraction of sp³-hybridized carbons (Fsp3) is 0.667. The molecule has 102 valence electrons. The minimum absolute atomic E-state index is 0.562. The number of hydrogen-bond acceptors (Lipinski definition) is 6. The third kappa shape index (κ3) is 4.34. The number of thioether (sulfide) groups is 1. The molecule has 1 unspecified atom stereocenters. The molecule has 0 fully saturated rings. The van der Waals surface area contributed by atoms with Gasteiger partial charge in [0.25, 0.3) is 0 Å². The molecule has 1 aromatic heterocycles. The molecule has 1 atom stereocenters. The molecule has 0 saturated carbocycles. The van der Waals surface area contributed by atoms with Crippen LogP contribution < -0.4 is 14.8 Å². The van der Waals surface area contributed by atoms with E-state index in [2.05, 4.69) is 28.5 Å². The SMILES string of the molecule is COc1ncnc(OC)c1CNCCC(C)SC. The lowest BCUT2D eigenvalue weighted by atomic mass is 10.3. The molecular formula is C12H21N3O2S. The van der Waals surface area contributed by atoms with E-state index in [0.717, 1.165) is 18.5 Å². The smallest absolute Gasteiger partial charge is 0.224 e. The molecule has 0 saturated heterocycles. The Kier molecular flexibility index (Phi) is 6.82. The topological polar surface area (TPSA) is 56.3 Å². The van der Waals surface area contributed by atoms with E-state index in [1.165, 1.54) is 6.33 Å². The highest BCUT2D eigenvalue weighted by Crippen LogP contribution is 2.22. The molecule has 1 rings (SSSR count). The summed E-state index contributed by atoms with van der Waals surface area (Å²) in [6.45, 7) is 3.82. The van der Waals surface area contributed by atoms with Crippen molar-refractivity contribution in [2.75, 3.05) is 27.0 Å². The highest BCUT2D eigenvalue weighted by Gasteiger charge is 2.12. The van der Waals surface area contributed by atoms with Gasteiger partial charge in [-0.2, -0.15) is 11.8 Å². The van der Waals surface area contributed by atoms with E-state index in [0.29, 0.717) is 23.6 Å². The first-order chi connectivity index (χ1) is 8.72. The van der Waals surface area contributed by atoms with Crippen molar-refractivity contribution < 1.29 is 9.47 Å². The number of methoxy groups -OCH3 is 2. The summed E-state index contributed by atoms with van der Waals surface area (Å²) in [5.74, 6) is 1.12. The summed E-state index contributed by atoms with van der Waals surface area (Å²) < 4.78 is 10.4. The molecular weight excluding hydrogens is 250 g/mol. The van der Waals surface area contributed by atoms with Crippen LogP contribution in [0.1, 0.15) is 18.9 Å². The van der Waals surface area contributed by atoms with Gasteiger partial charge < -0.3 is 14.8 Å². The standard InChI is InChI=1S/C12H21N3O2S/c1-9(18-4)5-6-13-7-10-11(16-2)14-8-15-12(10)17-3/h8-9,13H,5-7H2,1-4H3. The summed E-state index contributed by atoms with van der Waals surface area (Å²) in [4.78, 5) is 8.16. The number of nitrogens with one attached hydrogen (secondary N) is 1. The van der Waals surface area contributed by atoms with E-state index >= 15 is 0 Å². The lowest BCUT2D eigenvalue weighted by molar-refractivity contribution is 0.359. The number of nitrogens with zero attached hydrogens (tertiary/aromatic N) is 2. The number of ether oxygens (including phenoxy) is 2. The molecule has 1 aromatic rings. The van der Waals surface area contributed by atoms with Gasteiger partial charge in [0.05, 0.1) is 19.8 Å². The highest BCUT2D eigenvalue weighted by molar-refractivity contribution is 7.99. The van der Waals surface area contributed by atoms with Crippen LogP contribution in [-0.2, 0) is 6.54 Å². The van der Waals surface area contributed by atoms with Crippen molar-refractivity contribution in [1.29, 1.82) is 0 Å². The molecule has 0 radical (unpaired) electrons. The van der Waals surface area contributed by atoms with Crippen LogP contribution in [0.3, 0.4) is 0 Å². The maximum atomic E-state index is 5.21. The van der Waals surface area contributed by atoms with Gasteiger partial charge in [0, 0.05) is 11.8 Å². The van der Waals surface area contributed by atoms with Crippen LogP contribution >= 0.6 is 11.8 Å². The van der Waals surface area contributed by atoms with Gasteiger partial charge in [-0.05, 0) is 19.2 Å². The second kappa shape index (κ2) is 8.16. The predicted molar refractivity (Wildman–Crippen MR) is 74.4 cm³/mol. The second-order valence-electron chi connectivity index (χ2n) is 3.88. The molecule has 18 heavy (non-hydrogen) atoms. The largest absolute Gasteiger partial charge is 0.481 e. The number of hydrogen-bond donors (Lipinski definition) is 1. The van der Waals surface area contributed by atoms with Gasteiger partial charge >= 0.3 is 0 Å². The summed E-state index contributed by atoms with van der Waals surface area (Å²) in [5, 5.41) is 4.02. The Bertz CT molecular complexity index is 341. The lowest BCUT2D eigenvalue weighted by Crippen LogP contribution is -2.19. The van der Waals surface area contributed by atoms with Gasteiger partial charge in [-0.25, -0.2) is 9.97 Å². The minimum atomic E-state index is 0.562. The van der Waals surface area contributed by atoms with E-state index in [1.54, 1.807) is 14.2 Å². The van der Waals surface area contributed by atoms with E-state index in [4.69, 9.17) is 9.47 Å². The van der Waals surface area contributed by atoms with Crippen molar-refractivity contribution in [3.8, 4) is 11.8 Å². The van der Waals surface area contributed by atoms with Crippen molar-refractivity contribution in [2.24, 2.45) is 0 Å². The monoisotopic (exact) mass is 271 g/mol. The maximum Gasteiger partial charge on any atom is 0.224 e. The fourth-order valence-electron chi connectivity index (χ4n) is 1.52. The van der Waals surface area contributed by atoms with Crippen molar-refractivity contribution in [3.63, 3.8) is 0 Å².